The number of ether oxygens (including phenoxy) is 1. The molecule has 4 atom stereocenters. The van der Waals surface area contributed by atoms with Crippen LogP contribution in [0.1, 0.15) is 40.0 Å². The van der Waals surface area contributed by atoms with Crippen LogP contribution in [0.25, 0.3) is 0 Å². The minimum absolute atomic E-state index is 0.0109. The van der Waals surface area contributed by atoms with Crippen molar-refractivity contribution in [2.75, 3.05) is 6.61 Å². The summed E-state index contributed by atoms with van der Waals surface area (Å²) in [4.78, 5) is 0. The molecule has 2 bridgehead atoms. The van der Waals surface area contributed by atoms with Gasteiger partial charge < -0.3 is 14.9 Å². The molecule has 2 fully saturated rings. The lowest BCUT2D eigenvalue weighted by Crippen LogP contribution is -2.45. The van der Waals surface area contributed by atoms with Gasteiger partial charge in [0.15, 0.2) is 0 Å². The Balaban J connectivity index is 2.15. The number of rotatable bonds is 1. The zero-order chi connectivity index (χ0) is 13.1. The van der Waals surface area contributed by atoms with Crippen molar-refractivity contribution in [3.8, 4) is 0 Å². The van der Waals surface area contributed by atoms with Crippen molar-refractivity contribution >= 4 is 0 Å². The molecule has 1 saturated heterocycles. The normalized spacial score (nSPS) is 49.1. The molecule has 1 saturated carbocycles. The van der Waals surface area contributed by atoms with Crippen molar-refractivity contribution in [1.29, 1.82) is 0 Å². The maximum Gasteiger partial charge on any atom is 0.209 e. The van der Waals surface area contributed by atoms with E-state index in [4.69, 9.17) is 4.74 Å². The zero-order valence-corrected chi connectivity index (χ0v) is 11.4. The molecule has 0 radical (unpaired) electrons. The van der Waals surface area contributed by atoms with E-state index in [1.807, 2.05) is 13.0 Å². The quantitative estimate of drug-likeness (QED) is 0.701. The summed E-state index contributed by atoms with van der Waals surface area (Å²) in [6, 6.07) is 0. The van der Waals surface area contributed by atoms with E-state index in [2.05, 4.69) is 13.8 Å². The Bertz CT molecular complexity index is 451. The van der Waals surface area contributed by atoms with Crippen LogP contribution < -0.4 is 0 Å². The largest absolute Gasteiger partial charge is 0.392 e. The first-order valence-electron chi connectivity index (χ1n) is 6.85. The predicted molar refractivity (Wildman–Crippen MR) is 68.8 cm³/mol. The Labute approximate surface area is 108 Å². The van der Waals surface area contributed by atoms with E-state index in [-0.39, 0.29) is 12.2 Å². The number of hydrogen-bond donors (Lipinski definition) is 2. The first kappa shape index (κ1) is 12.4. The molecule has 3 aliphatic rings. The summed E-state index contributed by atoms with van der Waals surface area (Å²) in [5.41, 5.74) is 2.73. The van der Waals surface area contributed by atoms with Crippen LogP contribution in [-0.2, 0) is 4.74 Å². The Kier molecular flexibility index (Phi) is 2.54. The van der Waals surface area contributed by atoms with Crippen LogP contribution in [0.4, 0.5) is 0 Å². The molecule has 0 aromatic carbocycles. The Morgan fingerprint density at radius 2 is 2.22 bits per heavy atom. The van der Waals surface area contributed by atoms with Gasteiger partial charge in [0.25, 0.3) is 0 Å². The van der Waals surface area contributed by atoms with Gasteiger partial charge in [0.1, 0.15) is 0 Å². The van der Waals surface area contributed by atoms with Crippen LogP contribution in [0.15, 0.2) is 22.8 Å². The second kappa shape index (κ2) is 3.69. The molecule has 0 aromatic rings. The second-order valence-electron chi connectivity index (χ2n) is 6.27. The lowest BCUT2D eigenvalue weighted by atomic mass is 9.79. The Morgan fingerprint density at radius 1 is 1.50 bits per heavy atom. The van der Waals surface area contributed by atoms with Crippen molar-refractivity contribution in [2.24, 2.45) is 11.8 Å². The number of aliphatic hydroxyl groups excluding tert-OH is 1. The molecule has 100 valence electrons. The van der Waals surface area contributed by atoms with Gasteiger partial charge in [-0.05, 0) is 49.8 Å². The summed E-state index contributed by atoms with van der Waals surface area (Å²) >= 11 is 0. The monoisotopic (exact) mass is 250 g/mol. The molecule has 0 unspecified atom stereocenters. The minimum Gasteiger partial charge on any atom is -0.392 e. The van der Waals surface area contributed by atoms with E-state index in [0.717, 1.165) is 30.4 Å². The third-order valence-corrected chi connectivity index (χ3v) is 5.27. The fourth-order valence-corrected chi connectivity index (χ4v) is 4.20. The lowest BCUT2D eigenvalue weighted by Gasteiger charge is -2.40. The van der Waals surface area contributed by atoms with Gasteiger partial charge in [-0.3, -0.25) is 0 Å². The van der Waals surface area contributed by atoms with Crippen LogP contribution in [0.5, 0.6) is 0 Å². The average molecular weight is 250 g/mol. The highest BCUT2D eigenvalue weighted by Crippen LogP contribution is 2.61. The topological polar surface area (TPSA) is 49.7 Å². The van der Waals surface area contributed by atoms with Crippen LogP contribution >= 0.6 is 0 Å². The van der Waals surface area contributed by atoms with Gasteiger partial charge in [-0.2, -0.15) is 0 Å². The van der Waals surface area contributed by atoms with Gasteiger partial charge in [-0.1, -0.05) is 12.5 Å². The Hall–Kier alpha value is -0.640. The van der Waals surface area contributed by atoms with E-state index >= 15 is 0 Å². The molecule has 18 heavy (non-hydrogen) atoms. The fourth-order valence-electron chi connectivity index (χ4n) is 4.20. The molecule has 0 amide bonds. The zero-order valence-electron chi connectivity index (χ0n) is 11.4. The van der Waals surface area contributed by atoms with Gasteiger partial charge in [-0.25, -0.2) is 0 Å². The van der Waals surface area contributed by atoms with E-state index in [0.29, 0.717) is 11.8 Å². The van der Waals surface area contributed by atoms with Crippen LogP contribution in [0.3, 0.4) is 0 Å². The molecular weight excluding hydrogens is 228 g/mol. The molecule has 3 rings (SSSR count). The predicted octanol–water partition coefficient (Wildman–Crippen LogP) is 2.15. The van der Waals surface area contributed by atoms with Gasteiger partial charge >= 0.3 is 0 Å². The molecule has 1 spiro atoms. The van der Waals surface area contributed by atoms with Crippen molar-refractivity contribution in [1.82, 2.24) is 0 Å². The molecule has 3 nitrogen and oxygen atoms in total. The fraction of sp³-hybridized carbons (Fsp3) is 0.733. The van der Waals surface area contributed by atoms with Crippen LogP contribution in [0, 0.1) is 11.8 Å². The number of hydrogen-bond acceptors (Lipinski definition) is 3. The summed E-state index contributed by atoms with van der Waals surface area (Å²) in [5.74, 6) is -0.384. The summed E-state index contributed by atoms with van der Waals surface area (Å²) in [5, 5.41) is 20.1. The summed E-state index contributed by atoms with van der Waals surface area (Å²) in [7, 11) is 0. The molecular formula is C15H22O3. The van der Waals surface area contributed by atoms with Gasteiger partial charge in [0.05, 0.1) is 12.2 Å². The third kappa shape index (κ3) is 1.35. The van der Waals surface area contributed by atoms with Crippen molar-refractivity contribution in [3.05, 3.63) is 22.8 Å². The Morgan fingerprint density at radius 3 is 2.89 bits per heavy atom. The molecule has 2 aliphatic heterocycles. The minimum atomic E-state index is -1.27. The average Bonchev–Trinajstić information content (AvgIpc) is 2.76. The lowest BCUT2D eigenvalue weighted by molar-refractivity contribution is -0.209. The first-order valence-corrected chi connectivity index (χ1v) is 6.85. The van der Waals surface area contributed by atoms with E-state index in [1.165, 1.54) is 5.57 Å². The molecule has 2 N–H and O–H groups in total. The standard InChI is InChI=1S/C15H22O3/c1-9-6-15(17)13(10(2)8-16)7-14(18-15)11(3)4-5-12(9)14/h6,11-12,16-17H,4-5,7-8H2,1-3H3/t11-,12-,14-,15+/m0/s1. The third-order valence-electron chi connectivity index (χ3n) is 5.27. The number of aliphatic hydroxyl groups is 2. The first-order chi connectivity index (χ1) is 8.43. The van der Waals surface area contributed by atoms with E-state index < -0.39 is 5.79 Å². The maximum atomic E-state index is 10.7. The summed E-state index contributed by atoms with van der Waals surface area (Å²) in [6.45, 7) is 6.19. The maximum absolute atomic E-state index is 10.7. The van der Waals surface area contributed by atoms with Crippen molar-refractivity contribution in [2.45, 2.75) is 51.4 Å². The van der Waals surface area contributed by atoms with E-state index in [9.17, 15) is 10.2 Å². The van der Waals surface area contributed by atoms with Crippen LogP contribution in [0.2, 0.25) is 0 Å². The van der Waals surface area contributed by atoms with Crippen LogP contribution in [-0.4, -0.2) is 28.2 Å². The van der Waals surface area contributed by atoms with Crippen molar-refractivity contribution < 1.29 is 14.9 Å². The molecule has 3 heteroatoms. The second-order valence-corrected chi connectivity index (χ2v) is 6.27. The highest BCUT2D eigenvalue weighted by molar-refractivity contribution is 5.40. The van der Waals surface area contributed by atoms with E-state index in [1.54, 1.807) is 0 Å². The smallest absolute Gasteiger partial charge is 0.209 e. The van der Waals surface area contributed by atoms with Crippen molar-refractivity contribution in [3.63, 3.8) is 0 Å². The highest BCUT2D eigenvalue weighted by atomic mass is 16.6. The SMILES string of the molecule is CC1=C[C@@]2(O)O[C@@]3(CC2=C(C)CO)[C@@H](C)CC[C@@H]13. The van der Waals surface area contributed by atoms with Gasteiger partial charge in [0, 0.05) is 12.3 Å². The summed E-state index contributed by atoms with van der Waals surface area (Å²) < 4.78 is 6.12. The summed E-state index contributed by atoms with van der Waals surface area (Å²) in [6.07, 6.45) is 4.91. The van der Waals surface area contributed by atoms with Gasteiger partial charge in [0.2, 0.25) is 5.79 Å². The molecule has 0 aromatic heterocycles. The molecule has 2 heterocycles. The highest BCUT2D eigenvalue weighted by Gasteiger charge is 2.62. The van der Waals surface area contributed by atoms with Gasteiger partial charge in [-0.15, -0.1) is 0 Å². The molecule has 1 aliphatic carbocycles. The number of fused-ring (bicyclic) bond motifs is 1.